The van der Waals surface area contributed by atoms with Gasteiger partial charge in [0.2, 0.25) is 10.0 Å². The predicted molar refractivity (Wildman–Crippen MR) is 154 cm³/mol. The lowest BCUT2D eigenvalue weighted by molar-refractivity contribution is -0.124. The Morgan fingerprint density at radius 2 is 1.92 bits per heavy atom. The number of H-pyrrole nitrogens is 1. The summed E-state index contributed by atoms with van der Waals surface area (Å²) in [5.41, 5.74) is 9.15. The smallest absolute Gasteiger partial charge is 0.267 e. The van der Waals surface area contributed by atoms with Crippen LogP contribution in [0.25, 0.3) is 17.0 Å². The number of hydrogen-bond donors (Lipinski definition) is 4. The number of hydrogen-bond acceptors (Lipinski definition) is 5. The molecule has 0 saturated carbocycles. The van der Waals surface area contributed by atoms with Gasteiger partial charge in [-0.05, 0) is 71.4 Å². The number of aryl methyl sites for hydroxylation is 1. The Bertz CT molecular complexity index is 1610. The maximum atomic E-state index is 11.6. The zero-order valence-electron chi connectivity index (χ0n) is 21.7. The highest BCUT2D eigenvalue weighted by molar-refractivity contribution is 7.92. The highest BCUT2D eigenvalue weighted by Crippen LogP contribution is 2.37. The zero-order chi connectivity index (χ0) is 27.4. The minimum Gasteiger partial charge on any atom is -0.361 e. The fourth-order valence-corrected chi connectivity index (χ4v) is 5.95. The Balaban J connectivity index is 1.39. The van der Waals surface area contributed by atoms with Crippen molar-refractivity contribution >= 4 is 38.6 Å². The number of amides is 1. The third-order valence-electron chi connectivity index (χ3n) is 7.18. The number of hydroxylamine groups is 1. The van der Waals surface area contributed by atoms with E-state index < -0.39 is 15.9 Å². The Morgan fingerprint density at radius 1 is 1.13 bits per heavy atom. The Labute approximate surface area is 228 Å². The van der Waals surface area contributed by atoms with Crippen molar-refractivity contribution in [3.8, 4) is 0 Å². The molecule has 1 aromatic heterocycles. The molecule has 3 aromatic carbocycles. The van der Waals surface area contributed by atoms with Gasteiger partial charge in [-0.2, -0.15) is 0 Å². The molecule has 0 radical (unpaired) electrons. The monoisotopic (exact) mass is 544 g/mol. The fraction of sp³-hybridized carbons (Fsp3) is 0.233. The number of aromatic nitrogens is 1. The van der Waals surface area contributed by atoms with Crippen LogP contribution in [0, 0.1) is 0 Å². The second-order valence-electron chi connectivity index (χ2n) is 9.97. The Morgan fingerprint density at radius 3 is 2.69 bits per heavy atom. The molecule has 4 aromatic rings. The first-order valence-corrected chi connectivity index (χ1v) is 14.8. The minimum atomic E-state index is -3.33. The third-order valence-corrected chi connectivity index (χ3v) is 7.78. The maximum Gasteiger partial charge on any atom is 0.267 e. The lowest BCUT2D eigenvalue weighted by atomic mass is 10.0. The van der Waals surface area contributed by atoms with Gasteiger partial charge in [0.1, 0.15) is 0 Å². The summed E-state index contributed by atoms with van der Waals surface area (Å²) < 4.78 is 25.7. The lowest BCUT2D eigenvalue weighted by Gasteiger charge is -2.30. The van der Waals surface area contributed by atoms with Crippen molar-refractivity contribution < 1.29 is 18.4 Å². The quantitative estimate of drug-likeness (QED) is 0.130. The number of fused-ring (bicyclic) bond motifs is 2. The van der Waals surface area contributed by atoms with Gasteiger partial charge in [-0.25, -0.2) is 13.9 Å². The van der Waals surface area contributed by atoms with Crippen molar-refractivity contribution in [3.05, 3.63) is 107 Å². The highest BCUT2D eigenvalue weighted by Gasteiger charge is 2.28. The molecule has 202 valence electrons. The van der Waals surface area contributed by atoms with Gasteiger partial charge in [0.25, 0.3) is 5.91 Å². The highest BCUT2D eigenvalue weighted by atomic mass is 32.2. The molecule has 1 amide bonds. The molecule has 0 aliphatic heterocycles. The number of rotatable bonds is 10. The number of benzene rings is 3. The van der Waals surface area contributed by atoms with Gasteiger partial charge in [-0.3, -0.25) is 19.6 Å². The summed E-state index contributed by atoms with van der Waals surface area (Å²) >= 11 is 0. The van der Waals surface area contributed by atoms with Gasteiger partial charge in [0.15, 0.2) is 0 Å². The second kappa shape index (κ2) is 11.4. The summed E-state index contributed by atoms with van der Waals surface area (Å²) in [6.07, 6.45) is 9.06. The summed E-state index contributed by atoms with van der Waals surface area (Å²) in [5, 5.41) is 9.98. The SMILES string of the molecule is CS(=O)(=O)Nc1ccc(CN(CCc2c[nH]c3ccccc23)[C@@H]2CCc3cc(/C=C/C(=O)NO)ccc32)cc1. The van der Waals surface area contributed by atoms with Gasteiger partial charge < -0.3 is 4.98 Å². The van der Waals surface area contributed by atoms with E-state index in [1.54, 1.807) is 23.7 Å². The van der Waals surface area contributed by atoms with E-state index in [2.05, 4.69) is 51.1 Å². The van der Waals surface area contributed by atoms with Crippen molar-refractivity contribution in [1.29, 1.82) is 0 Å². The molecule has 0 unspecified atom stereocenters. The zero-order valence-corrected chi connectivity index (χ0v) is 22.5. The molecule has 1 aliphatic carbocycles. The molecule has 0 saturated heterocycles. The average molecular weight is 545 g/mol. The van der Waals surface area contributed by atoms with Crippen LogP contribution in [0.3, 0.4) is 0 Å². The first kappa shape index (κ1) is 26.7. The van der Waals surface area contributed by atoms with E-state index in [0.29, 0.717) is 5.69 Å². The molecule has 5 rings (SSSR count). The van der Waals surface area contributed by atoms with Crippen LogP contribution in [0.5, 0.6) is 0 Å². The van der Waals surface area contributed by atoms with Crippen LogP contribution >= 0.6 is 0 Å². The molecule has 1 atom stereocenters. The molecule has 0 spiro atoms. The summed E-state index contributed by atoms with van der Waals surface area (Å²) in [6, 6.07) is 22.4. The summed E-state index contributed by atoms with van der Waals surface area (Å²) in [5.74, 6) is -0.561. The van der Waals surface area contributed by atoms with E-state index in [-0.39, 0.29) is 6.04 Å². The second-order valence-corrected chi connectivity index (χ2v) is 11.7. The van der Waals surface area contributed by atoms with Crippen LogP contribution in [-0.4, -0.2) is 42.2 Å². The van der Waals surface area contributed by atoms with E-state index in [1.165, 1.54) is 28.2 Å². The summed E-state index contributed by atoms with van der Waals surface area (Å²) in [7, 11) is -3.33. The molecule has 39 heavy (non-hydrogen) atoms. The molecule has 1 heterocycles. The number of sulfonamides is 1. The van der Waals surface area contributed by atoms with Gasteiger partial charge in [0, 0.05) is 48.0 Å². The molecular weight excluding hydrogens is 512 g/mol. The normalized spacial score (nSPS) is 15.2. The van der Waals surface area contributed by atoms with Crippen LogP contribution in [0.15, 0.2) is 79.0 Å². The molecule has 9 heteroatoms. The summed E-state index contributed by atoms with van der Waals surface area (Å²) in [4.78, 5) is 17.3. The van der Waals surface area contributed by atoms with E-state index in [0.717, 1.165) is 55.3 Å². The van der Waals surface area contributed by atoms with E-state index in [4.69, 9.17) is 5.21 Å². The average Bonchev–Trinajstić information content (AvgIpc) is 3.54. The van der Waals surface area contributed by atoms with Gasteiger partial charge in [-0.15, -0.1) is 0 Å². The number of para-hydroxylation sites is 1. The number of nitrogens with one attached hydrogen (secondary N) is 3. The maximum absolute atomic E-state index is 11.6. The van der Waals surface area contributed by atoms with Crippen LogP contribution in [0.1, 0.15) is 40.3 Å². The van der Waals surface area contributed by atoms with E-state index >= 15 is 0 Å². The number of anilines is 1. The molecule has 8 nitrogen and oxygen atoms in total. The van der Waals surface area contributed by atoms with Crippen molar-refractivity contribution in [2.24, 2.45) is 0 Å². The largest absolute Gasteiger partial charge is 0.361 e. The minimum absolute atomic E-state index is 0.234. The lowest BCUT2D eigenvalue weighted by Crippen LogP contribution is -2.29. The third kappa shape index (κ3) is 6.57. The first-order chi connectivity index (χ1) is 18.8. The molecule has 1 aliphatic rings. The number of nitrogens with zero attached hydrogens (tertiary/aromatic N) is 1. The van der Waals surface area contributed by atoms with Crippen molar-refractivity contribution in [3.63, 3.8) is 0 Å². The molecule has 0 bridgehead atoms. The number of carbonyl (C=O) groups is 1. The fourth-order valence-electron chi connectivity index (χ4n) is 5.38. The number of aromatic amines is 1. The molecule has 4 N–H and O–H groups in total. The van der Waals surface area contributed by atoms with Crippen LogP contribution in [-0.2, 0) is 34.2 Å². The van der Waals surface area contributed by atoms with Crippen LogP contribution < -0.4 is 10.2 Å². The summed E-state index contributed by atoms with van der Waals surface area (Å²) in [6.45, 7) is 1.58. The van der Waals surface area contributed by atoms with E-state index in [9.17, 15) is 13.2 Å². The van der Waals surface area contributed by atoms with Gasteiger partial charge in [0.05, 0.1) is 6.26 Å². The Hall–Kier alpha value is -3.92. The first-order valence-electron chi connectivity index (χ1n) is 12.9. The predicted octanol–water partition coefficient (Wildman–Crippen LogP) is 4.79. The molecular formula is C30H32N4O4S. The van der Waals surface area contributed by atoms with Gasteiger partial charge in [-0.1, -0.05) is 48.5 Å². The van der Waals surface area contributed by atoms with Crippen molar-refractivity contribution in [2.75, 3.05) is 17.5 Å². The Kier molecular flexibility index (Phi) is 7.83. The molecule has 0 fully saturated rings. The van der Waals surface area contributed by atoms with Crippen molar-refractivity contribution in [2.45, 2.75) is 31.8 Å². The van der Waals surface area contributed by atoms with Gasteiger partial charge >= 0.3 is 0 Å². The van der Waals surface area contributed by atoms with Crippen molar-refractivity contribution in [1.82, 2.24) is 15.4 Å². The standard InChI is InChI=1S/C30H32N4O4S/c1-39(37,38)33-25-11-6-22(7-12-25)20-34(17-16-24-19-31-28-5-3-2-4-26(24)28)29-14-10-23-18-21(8-13-27(23)29)9-15-30(35)32-36/h2-9,11-13,15,18-19,29,31,33,36H,10,14,16-17,20H2,1H3,(H,32,35)/b15-9+/t29-/m1/s1. The van der Waals surface area contributed by atoms with E-state index in [1.807, 2.05) is 24.3 Å². The number of carbonyl (C=O) groups excluding carboxylic acids is 1. The topological polar surface area (TPSA) is 115 Å². The van der Waals surface area contributed by atoms with Crippen LogP contribution in [0.2, 0.25) is 0 Å². The van der Waals surface area contributed by atoms with Crippen LogP contribution in [0.4, 0.5) is 5.69 Å².